The Morgan fingerprint density at radius 3 is 2.13 bits per heavy atom. The lowest BCUT2D eigenvalue weighted by atomic mass is 9.90. The first-order chi connectivity index (χ1) is 6.60. The molecule has 0 aromatic rings. The Morgan fingerprint density at radius 2 is 1.80 bits per heavy atom. The molecule has 0 heterocycles. The van der Waals surface area contributed by atoms with Gasteiger partial charge < -0.3 is 5.32 Å². The molecule has 1 N–H and O–H groups in total. The highest BCUT2D eigenvalue weighted by Gasteiger charge is 2.36. The Morgan fingerprint density at radius 1 is 1.33 bits per heavy atom. The fourth-order valence-electron chi connectivity index (χ4n) is 0.680. The molecule has 5 heteroatoms. The molecule has 15 heavy (non-hydrogen) atoms. The number of nitrogens with one attached hydrogen (secondary N) is 1. The van der Waals surface area contributed by atoms with Crippen molar-refractivity contribution < 1.29 is 18.0 Å². The van der Waals surface area contributed by atoms with Gasteiger partial charge in [-0.15, -0.1) is 0 Å². The number of hydrogen-bond donors (Lipinski definition) is 1. The van der Waals surface area contributed by atoms with Crippen molar-refractivity contribution in [2.75, 3.05) is 6.54 Å². The second-order valence-electron chi connectivity index (χ2n) is 4.18. The van der Waals surface area contributed by atoms with Gasteiger partial charge >= 0.3 is 6.18 Å². The van der Waals surface area contributed by atoms with E-state index in [4.69, 9.17) is 0 Å². The van der Waals surface area contributed by atoms with Crippen LogP contribution in [0.1, 0.15) is 27.2 Å². The predicted molar refractivity (Wildman–Crippen MR) is 52.3 cm³/mol. The van der Waals surface area contributed by atoms with Gasteiger partial charge in [0.2, 0.25) is 0 Å². The molecule has 0 aromatic heterocycles. The third-order valence-electron chi connectivity index (χ3n) is 2.30. The van der Waals surface area contributed by atoms with E-state index in [1.54, 1.807) is 0 Å². The molecule has 0 aromatic carbocycles. The van der Waals surface area contributed by atoms with Crippen LogP contribution >= 0.6 is 0 Å². The lowest BCUT2D eigenvalue weighted by Crippen LogP contribution is -2.37. The standard InChI is InChI=1S/C10H16F3NO/c1-5-9(3,4)6-14-8(15)7(2)10(11,12)13/h2,5-6H2,1,3-4H3,(H,14,15). The smallest absolute Gasteiger partial charge is 0.352 e. The van der Waals surface area contributed by atoms with Crippen molar-refractivity contribution >= 4 is 5.91 Å². The Bertz CT molecular complexity index is 256. The molecule has 0 fully saturated rings. The van der Waals surface area contributed by atoms with E-state index in [0.717, 1.165) is 6.42 Å². The summed E-state index contributed by atoms with van der Waals surface area (Å²) < 4.78 is 36.1. The van der Waals surface area contributed by atoms with E-state index in [1.165, 1.54) is 0 Å². The first kappa shape index (κ1) is 14.0. The van der Waals surface area contributed by atoms with Gasteiger partial charge in [-0.05, 0) is 11.8 Å². The van der Waals surface area contributed by atoms with Crippen molar-refractivity contribution in [3.63, 3.8) is 0 Å². The Hall–Kier alpha value is -1.00. The van der Waals surface area contributed by atoms with Crippen molar-refractivity contribution in [1.29, 1.82) is 0 Å². The van der Waals surface area contributed by atoms with Gasteiger partial charge in [0.25, 0.3) is 5.91 Å². The summed E-state index contributed by atoms with van der Waals surface area (Å²) in [6.07, 6.45) is -3.88. The quantitative estimate of drug-likeness (QED) is 0.729. The van der Waals surface area contributed by atoms with Crippen molar-refractivity contribution in [3.8, 4) is 0 Å². The van der Waals surface area contributed by atoms with Crippen molar-refractivity contribution in [1.82, 2.24) is 5.32 Å². The Balaban J connectivity index is 4.23. The normalized spacial score (nSPS) is 12.4. The third-order valence-corrected chi connectivity index (χ3v) is 2.30. The minimum Gasteiger partial charge on any atom is -0.352 e. The predicted octanol–water partition coefficient (Wildman–Crippen LogP) is 2.66. The molecular formula is C10H16F3NO. The van der Waals surface area contributed by atoms with Crippen LogP contribution in [0.5, 0.6) is 0 Å². The van der Waals surface area contributed by atoms with Gasteiger partial charge in [-0.2, -0.15) is 13.2 Å². The average molecular weight is 223 g/mol. The number of carbonyl (C=O) groups excluding carboxylic acids is 1. The van der Waals surface area contributed by atoms with Crippen LogP contribution in [0.15, 0.2) is 12.2 Å². The topological polar surface area (TPSA) is 29.1 Å². The van der Waals surface area contributed by atoms with E-state index in [-0.39, 0.29) is 12.0 Å². The minimum atomic E-state index is -4.65. The van der Waals surface area contributed by atoms with Crippen LogP contribution in [0, 0.1) is 5.41 Å². The molecule has 0 radical (unpaired) electrons. The molecule has 0 saturated carbocycles. The van der Waals surface area contributed by atoms with E-state index in [2.05, 4.69) is 11.9 Å². The van der Waals surface area contributed by atoms with Crippen LogP contribution in [0.25, 0.3) is 0 Å². The summed E-state index contributed by atoms with van der Waals surface area (Å²) >= 11 is 0. The van der Waals surface area contributed by atoms with E-state index in [0.29, 0.717) is 0 Å². The van der Waals surface area contributed by atoms with Crippen molar-refractivity contribution in [3.05, 3.63) is 12.2 Å². The molecule has 0 atom stereocenters. The minimum absolute atomic E-state index is 0.206. The zero-order valence-electron chi connectivity index (χ0n) is 9.16. The maximum Gasteiger partial charge on any atom is 0.421 e. The number of amides is 1. The highest BCUT2D eigenvalue weighted by atomic mass is 19.4. The lowest BCUT2D eigenvalue weighted by molar-refractivity contribution is -0.130. The van der Waals surface area contributed by atoms with Crippen LogP contribution in [-0.2, 0) is 4.79 Å². The van der Waals surface area contributed by atoms with Gasteiger partial charge in [0.05, 0.1) is 0 Å². The van der Waals surface area contributed by atoms with Crippen LogP contribution < -0.4 is 5.32 Å². The van der Waals surface area contributed by atoms with Gasteiger partial charge in [0.1, 0.15) is 5.57 Å². The molecule has 0 aliphatic rings. The highest BCUT2D eigenvalue weighted by molar-refractivity contribution is 5.94. The summed E-state index contributed by atoms with van der Waals surface area (Å²) in [4.78, 5) is 11.0. The van der Waals surface area contributed by atoms with Crippen molar-refractivity contribution in [2.45, 2.75) is 33.4 Å². The molecule has 0 bridgehead atoms. The first-order valence-corrected chi connectivity index (χ1v) is 4.64. The molecule has 1 amide bonds. The number of rotatable bonds is 4. The molecule has 88 valence electrons. The summed E-state index contributed by atoms with van der Waals surface area (Å²) in [5.74, 6) is -1.15. The molecule has 2 nitrogen and oxygen atoms in total. The second kappa shape index (κ2) is 4.68. The fourth-order valence-corrected chi connectivity index (χ4v) is 0.680. The van der Waals surface area contributed by atoms with Crippen LogP contribution in [0.3, 0.4) is 0 Å². The molecule has 0 aliphatic heterocycles. The lowest BCUT2D eigenvalue weighted by Gasteiger charge is -2.23. The highest BCUT2D eigenvalue weighted by Crippen LogP contribution is 2.24. The van der Waals surface area contributed by atoms with E-state index in [1.807, 2.05) is 20.8 Å². The number of carbonyl (C=O) groups is 1. The summed E-state index contributed by atoms with van der Waals surface area (Å²) in [7, 11) is 0. The van der Waals surface area contributed by atoms with Gasteiger partial charge in [-0.25, -0.2) is 0 Å². The monoisotopic (exact) mass is 223 g/mol. The van der Waals surface area contributed by atoms with Gasteiger partial charge in [-0.3, -0.25) is 4.79 Å². The maximum atomic E-state index is 12.0. The third kappa shape index (κ3) is 4.85. The zero-order chi connectivity index (χ0) is 12.3. The van der Waals surface area contributed by atoms with E-state index < -0.39 is 17.7 Å². The van der Waals surface area contributed by atoms with Crippen LogP contribution in [0.4, 0.5) is 13.2 Å². The summed E-state index contributed by atoms with van der Waals surface area (Å²) in [6, 6.07) is 0. The van der Waals surface area contributed by atoms with Crippen LogP contribution in [0.2, 0.25) is 0 Å². The molecule has 0 rings (SSSR count). The summed E-state index contributed by atoms with van der Waals surface area (Å²) in [5.41, 5.74) is -1.56. The SMILES string of the molecule is C=C(C(=O)NCC(C)(C)CC)C(F)(F)F. The number of hydrogen-bond acceptors (Lipinski definition) is 1. The average Bonchev–Trinajstić information content (AvgIpc) is 2.11. The van der Waals surface area contributed by atoms with E-state index >= 15 is 0 Å². The van der Waals surface area contributed by atoms with E-state index in [9.17, 15) is 18.0 Å². The Kier molecular flexibility index (Phi) is 4.37. The first-order valence-electron chi connectivity index (χ1n) is 4.64. The number of alkyl halides is 3. The molecular weight excluding hydrogens is 207 g/mol. The summed E-state index contributed by atoms with van der Waals surface area (Å²) in [6.45, 7) is 8.56. The second-order valence-corrected chi connectivity index (χ2v) is 4.18. The maximum absolute atomic E-state index is 12.0. The van der Waals surface area contributed by atoms with Gasteiger partial charge in [-0.1, -0.05) is 27.4 Å². The van der Waals surface area contributed by atoms with Gasteiger partial charge in [0.15, 0.2) is 0 Å². The molecule has 0 saturated heterocycles. The van der Waals surface area contributed by atoms with Crippen molar-refractivity contribution in [2.24, 2.45) is 5.41 Å². The molecule has 0 spiro atoms. The van der Waals surface area contributed by atoms with Gasteiger partial charge in [0, 0.05) is 6.54 Å². The van der Waals surface area contributed by atoms with Crippen LogP contribution in [-0.4, -0.2) is 18.6 Å². The zero-order valence-corrected chi connectivity index (χ0v) is 9.16. The summed E-state index contributed by atoms with van der Waals surface area (Å²) in [5, 5.41) is 2.22. The largest absolute Gasteiger partial charge is 0.421 e. The molecule has 0 aliphatic carbocycles. The Labute approximate surface area is 87.5 Å². The number of halogens is 3. The molecule has 0 unspecified atom stereocenters. The fraction of sp³-hybridized carbons (Fsp3) is 0.700.